The molecule has 0 spiro atoms. The molecule has 0 amide bonds. The van der Waals surface area contributed by atoms with E-state index in [0.29, 0.717) is 5.02 Å². The first-order valence-corrected chi connectivity index (χ1v) is 7.14. The molecule has 2 rings (SSSR count). The van der Waals surface area contributed by atoms with Gasteiger partial charge in [0.1, 0.15) is 6.10 Å². The number of likely N-dealkylation sites (N-methyl/N-ethyl adjacent to an activating group) is 1. The van der Waals surface area contributed by atoms with Crippen LogP contribution >= 0.6 is 11.6 Å². The summed E-state index contributed by atoms with van der Waals surface area (Å²) < 4.78 is 0. The molecule has 1 unspecified atom stereocenters. The summed E-state index contributed by atoms with van der Waals surface area (Å²) in [6, 6.07) is 11.2. The Labute approximate surface area is 130 Å². The summed E-state index contributed by atoms with van der Waals surface area (Å²) >= 11 is 5.94. The molecule has 110 valence electrons. The number of aliphatic hydroxyl groups is 1. The third-order valence-electron chi connectivity index (χ3n) is 3.15. The summed E-state index contributed by atoms with van der Waals surface area (Å²) in [6.07, 6.45) is 4.70. The lowest BCUT2D eigenvalue weighted by atomic mass is 9.95. The van der Waals surface area contributed by atoms with Gasteiger partial charge in [0.2, 0.25) is 0 Å². The monoisotopic (exact) mass is 302 g/mol. The van der Waals surface area contributed by atoms with Crippen LogP contribution in [0, 0.1) is 0 Å². The first kappa shape index (κ1) is 15.7. The highest BCUT2D eigenvalue weighted by Gasteiger charge is 2.15. The number of rotatable bonds is 5. The van der Waals surface area contributed by atoms with Crippen molar-refractivity contribution in [3.63, 3.8) is 0 Å². The summed E-state index contributed by atoms with van der Waals surface area (Å²) in [5.41, 5.74) is 2.59. The molecule has 0 bridgehead atoms. The lowest BCUT2D eigenvalue weighted by molar-refractivity contribution is 0.237. The van der Waals surface area contributed by atoms with Crippen LogP contribution in [-0.4, -0.2) is 35.6 Å². The van der Waals surface area contributed by atoms with E-state index < -0.39 is 6.10 Å². The van der Waals surface area contributed by atoms with E-state index in [-0.39, 0.29) is 0 Å². The molecule has 4 heteroatoms. The van der Waals surface area contributed by atoms with Gasteiger partial charge < -0.3 is 10.0 Å². The lowest BCUT2D eigenvalue weighted by Gasteiger charge is -2.17. The van der Waals surface area contributed by atoms with Crippen molar-refractivity contribution >= 4 is 17.2 Å². The van der Waals surface area contributed by atoms with Crippen LogP contribution < -0.4 is 0 Å². The standard InChI is InChI=1S/C17H19ClN2O/c1-20(2)11-9-16(13-5-7-15(18)8-6-13)17(21)14-4-3-10-19-12-14/h3-10,12,17,21H,11H2,1-2H3/b16-9+. The minimum atomic E-state index is -0.708. The number of halogens is 1. The Hall–Kier alpha value is -1.68. The average Bonchev–Trinajstić information content (AvgIpc) is 2.49. The lowest BCUT2D eigenvalue weighted by Crippen LogP contribution is -2.12. The van der Waals surface area contributed by atoms with Crippen molar-refractivity contribution in [3.05, 3.63) is 71.0 Å². The van der Waals surface area contributed by atoms with Gasteiger partial charge >= 0.3 is 0 Å². The molecule has 2 aromatic rings. The average molecular weight is 303 g/mol. The third kappa shape index (κ3) is 4.39. The highest BCUT2D eigenvalue weighted by atomic mass is 35.5. The van der Waals surface area contributed by atoms with Crippen LogP contribution in [0.3, 0.4) is 0 Å². The maximum Gasteiger partial charge on any atom is 0.106 e. The van der Waals surface area contributed by atoms with Crippen LogP contribution in [0.4, 0.5) is 0 Å². The van der Waals surface area contributed by atoms with E-state index in [0.717, 1.165) is 23.2 Å². The SMILES string of the molecule is CN(C)C/C=C(\c1ccc(Cl)cc1)C(O)c1cccnc1. The van der Waals surface area contributed by atoms with Gasteiger partial charge in [0.15, 0.2) is 0 Å². The molecule has 1 aromatic carbocycles. The third-order valence-corrected chi connectivity index (χ3v) is 3.40. The molecule has 0 fully saturated rings. The van der Waals surface area contributed by atoms with Gasteiger partial charge in [-0.1, -0.05) is 35.9 Å². The molecule has 0 aliphatic carbocycles. The number of nitrogens with zero attached hydrogens (tertiary/aromatic N) is 2. The largest absolute Gasteiger partial charge is 0.384 e. The fourth-order valence-corrected chi connectivity index (χ4v) is 2.15. The van der Waals surface area contributed by atoms with E-state index in [2.05, 4.69) is 4.98 Å². The second-order valence-corrected chi connectivity index (χ2v) is 5.55. The van der Waals surface area contributed by atoms with Crippen molar-refractivity contribution in [2.75, 3.05) is 20.6 Å². The van der Waals surface area contributed by atoms with Crippen LogP contribution in [0.15, 0.2) is 54.9 Å². The first-order valence-electron chi connectivity index (χ1n) is 6.76. The molecule has 0 saturated heterocycles. The molecule has 1 N–H and O–H groups in total. The normalized spacial score (nSPS) is 13.5. The fraction of sp³-hybridized carbons (Fsp3) is 0.235. The number of aliphatic hydroxyl groups excluding tert-OH is 1. The smallest absolute Gasteiger partial charge is 0.106 e. The molecule has 0 aliphatic rings. The molecule has 3 nitrogen and oxygen atoms in total. The van der Waals surface area contributed by atoms with Crippen LogP contribution in [0.25, 0.3) is 5.57 Å². The van der Waals surface area contributed by atoms with Gasteiger partial charge in [-0.15, -0.1) is 0 Å². The number of benzene rings is 1. The quantitative estimate of drug-likeness (QED) is 0.919. The summed E-state index contributed by atoms with van der Waals surface area (Å²) in [4.78, 5) is 6.12. The highest BCUT2D eigenvalue weighted by Crippen LogP contribution is 2.30. The number of aromatic nitrogens is 1. The molecular formula is C17H19ClN2O. The Morgan fingerprint density at radius 3 is 2.57 bits per heavy atom. The Morgan fingerprint density at radius 2 is 2.00 bits per heavy atom. The Balaban J connectivity index is 2.36. The van der Waals surface area contributed by atoms with E-state index in [1.54, 1.807) is 12.4 Å². The molecule has 0 radical (unpaired) electrons. The topological polar surface area (TPSA) is 36.4 Å². The first-order chi connectivity index (χ1) is 10.1. The van der Waals surface area contributed by atoms with Crippen molar-refractivity contribution in [1.29, 1.82) is 0 Å². The van der Waals surface area contributed by atoms with Crippen molar-refractivity contribution in [2.24, 2.45) is 0 Å². The number of hydrogen-bond donors (Lipinski definition) is 1. The van der Waals surface area contributed by atoms with Gasteiger partial charge in [-0.25, -0.2) is 0 Å². The molecule has 21 heavy (non-hydrogen) atoms. The van der Waals surface area contributed by atoms with Crippen LogP contribution in [0.1, 0.15) is 17.2 Å². The Morgan fingerprint density at radius 1 is 1.29 bits per heavy atom. The van der Waals surface area contributed by atoms with Crippen molar-refractivity contribution in [3.8, 4) is 0 Å². The maximum atomic E-state index is 10.7. The van der Waals surface area contributed by atoms with Gasteiger partial charge in [-0.2, -0.15) is 0 Å². The maximum absolute atomic E-state index is 10.7. The Kier molecular flexibility index (Phi) is 5.51. The van der Waals surface area contributed by atoms with Gasteiger partial charge in [0.05, 0.1) is 0 Å². The van der Waals surface area contributed by atoms with E-state index in [9.17, 15) is 5.11 Å². The second-order valence-electron chi connectivity index (χ2n) is 5.12. The van der Waals surface area contributed by atoms with Gasteiger partial charge in [0.25, 0.3) is 0 Å². The second kappa shape index (κ2) is 7.36. The van der Waals surface area contributed by atoms with E-state index in [1.165, 1.54) is 0 Å². The number of pyridine rings is 1. The Bertz CT molecular complexity index is 594. The molecule has 0 saturated carbocycles. The zero-order chi connectivity index (χ0) is 15.2. The highest BCUT2D eigenvalue weighted by molar-refractivity contribution is 6.30. The van der Waals surface area contributed by atoms with Crippen LogP contribution in [0.5, 0.6) is 0 Å². The summed E-state index contributed by atoms with van der Waals surface area (Å²) in [5, 5.41) is 11.3. The molecule has 1 heterocycles. The van der Waals surface area contributed by atoms with Gasteiger partial charge in [-0.05, 0) is 43.4 Å². The van der Waals surface area contributed by atoms with Gasteiger partial charge in [0, 0.05) is 29.5 Å². The molecule has 1 atom stereocenters. The predicted octanol–water partition coefficient (Wildman–Crippen LogP) is 3.41. The molecule has 0 aliphatic heterocycles. The summed E-state index contributed by atoms with van der Waals surface area (Å²) in [5.74, 6) is 0. The van der Waals surface area contributed by atoms with Crippen molar-refractivity contribution in [2.45, 2.75) is 6.10 Å². The predicted molar refractivity (Wildman–Crippen MR) is 87.2 cm³/mol. The van der Waals surface area contributed by atoms with Crippen LogP contribution in [-0.2, 0) is 0 Å². The molecule has 1 aromatic heterocycles. The zero-order valence-corrected chi connectivity index (χ0v) is 13.0. The van der Waals surface area contributed by atoms with E-state index in [4.69, 9.17) is 11.6 Å². The summed E-state index contributed by atoms with van der Waals surface area (Å²) in [7, 11) is 3.98. The molecular weight excluding hydrogens is 284 g/mol. The van der Waals surface area contributed by atoms with Crippen molar-refractivity contribution in [1.82, 2.24) is 9.88 Å². The van der Waals surface area contributed by atoms with Gasteiger partial charge in [-0.3, -0.25) is 4.98 Å². The zero-order valence-electron chi connectivity index (χ0n) is 12.2. The van der Waals surface area contributed by atoms with E-state index in [1.807, 2.05) is 61.5 Å². The van der Waals surface area contributed by atoms with E-state index >= 15 is 0 Å². The van der Waals surface area contributed by atoms with Crippen molar-refractivity contribution < 1.29 is 5.11 Å². The van der Waals surface area contributed by atoms with Crippen LogP contribution in [0.2, 0.25) is 5.02 Å². The summed E-state index contributed by atoms with van der Waals surface area (Å²) in [6.45, 7) is 0.745. The number of hydrogen-bond acceptors (Lipinski definition) is 3. The minimum Gasteiger partial charge on any atom is -0.384 e. The fourth-order valence-electron chi connectivity index (χ4n) is 2.03. The minimum absolute atomic E-state index is 0.682.